The van der Waals surface area contributed by atoms with Crippen molar-refractivity contribution >= 4 is 11.8 Å². The van der Waals surface area contributed by atoms with Gasteiger partial charge in [0.25, 0.3) is 0 Å². The van der Waals surface area contributed by atoms with Crippen LogP contribution in [0.4, 0.5) is 0 Å². The topological polar surface area (TPSA) is 49.4 Å². The number of hydrogen-bond acceptors (Lipinski definition) is 2. The molecule has 2 amide bonds. The first kappa shape index (κ1) is 13.9. The molecule has 0 bridgehead atoms. The van der Waals surface area contributed by atoms with Crippen LogP contribution >= 0.6 is 0 Å². The van der Waals surface area contributed by atoms with Gasteiger partial charge in [0, 0.05) is 20.6 Å². The molecule has 0 aliphatic heterocycles. The van der Waals surface area contributed by atoms with Crippen LogP contribution in [0.3, 0.4) is 0 Å². The first-order valence-electron chi connectivity index (χ1n) is 5.40. The van der Waals surface area contributed by atoms with E-state index in [-0.39, 0.29) is 11.8 Å². The molecule has 0 aliphatic rings. The maximum Gasteiger partial charge on any atom is 0.237 e. The number of nitrogens with one attached hydrogen (secondary N) is 1. The molecule has 1 N–H and O–H groups in total. The van der Waals surface area contributed by atoms with Crippen LogP contribution in [0.2, 0.25) is 0 Å². The molecule has 15 heavy (non-hydrogen) atoms. The third-order valence-corrected chi connectivity index (χ3v) is 2.62. The smallest absolute Gasteiger partial charge is 0.237 e. The first-order valence-corrected chi connectivity index (χ1v) is 5.40. The van der Waals surface area contributed by atoms with Crippen molar-refractivity contribution < 1.29 is 9.59 Å². The minimum absolute atomic E-state index is 0.140. The van der Waals surface area contributed by atoms with Gasteiger partial charge in [-0.05, 0) is 19.8 Å². The summed E-state index contributed by atoms with van der Waals surface area (Å²) in [4.78, 5) is 25.2. The molecule has 88 valence electrons. The highest BCUT2D eigenvalue weighted by Crippen LogP contribution is 2.23. The summed E-state index contributed by atoms with van der Waals surface area (Å²) in [6.45, 7) is 6.15. The van der Waals surface area contributed by atoms with Crippen LogP contribution < -0.4 is 5.32 Å². The van der Waals surface area contributed by atoms with E-state index >= 15 is 0 Å². The molecule has 0 aliphatic carbocycles. The molecule has 0 rings (SSSR count). The van der Waals surface area contributed by atoms with Crippen molar-refractivity contribution in [2.24, 2.45) is 5.41 Å². The number of nitrogens with zero attached hydrogens (tertiary/aromatic N) is 1. The fourth-order valence-electron chi connectivity index (χ4n) is 1.34. The second kappa shape index (κ2) is 5.73. The van der Waals surface area contributed by atoms with E-state index in [4.69, 9.17) is 0 Å². The van der Waals surface area contributed by atoms with Crippen molar-refractivity contribution in [1.82, 2.24) is 10.2 Å². The molecule has 0 heterocycles. The van der Waals surface area contributed by atoms with E-state index in [9.17, 15) is 9.59 Å². The normalized spacial score (nSPS) is 14.2. The maximum absolute atomic E-state index is 11.9. The number of rotatable bonds is 5. The lowest BCUT2D eigenvalue weighted by molar-refractivity contribution is -0.148. The number of hydrogen-bond donors (Lipinski definition) is 1. The second-order valence-electron chi connectivity index (χ2n) is 4.14. The highest BCUT2D eigenvalue weighted by atomic mass is 16.2. The van der Waals surface area contributed by atoms with Crippen LogP contribution in [0.1, 0.15) is 33.6 Å². The van der Waals surface area contributed by atoms with Gasteiger partial charge in [0.1, 0.15) is 5.41 Å². The van der Waals surface area contributed by atoms with Crippen LogP contribution in [0.25, 0.3) is 0 Å². The van der Waals surface area contributed by atoms with E-state index in [1.165, 1.54) is 4.90 Å². The number of carbonyl (C=O) groups excluding carboxylic acids is 2. The number of amides is 2. The van der Waals surface area contributed by atoms with Crippen LogP contribution in [-0.2, 0) is 9.59 Å². The van der Waals surface area contributed by atoms with E-state index in [2.05, 4.69) is 5.32 Å². The standard InChI is InChI=1S/C11H22N2O2/c1-6-8-12-9(14)11(3,7-2)10(15)13(4)5/h6-8H2,1-5H3,(H,12,14). The Morgan fingerprint density at radius 3 is 2.13 bits per heavy atom. The zero-order chi connectivity index (χ0) is 12.1. The Hall–Kier alpha value is -1.06. The Morgan fingerprint density at radius 1 is 1.27 bits per heavy atom. The Kier molecular flexibility index (Phi) is 5.33. The van der Waals surface area contributed by atoms with E-state index < -0.39 is 5.41 Å². The van der Waals surface area contributed by atoms with E-state index in [0.29, 0.717) is 13.0 Å². The minimum Gasteiger partial charge on any atom is -0.355 e. The molecule has 4 nitrogen and oxygen atoms in total. The van der Waals surface area contributed by atoms with Gasteiger partial charge in [-0.2, -0.15) is 0 Å². The third-order valence-electron chi connectivity index (χ3n) is 2.62. The SMILES string of the molecule is CCCNC(=O)C(C)(CC)C(=O)N(C)C. The molecule has 4 heteroatoms. The zero-order valence-electron chi connectivity index (χ0n) is 10.4. The molecule has 0 aromatic rings. The summed E-state index contributed by atoms with van der Waals surface area (Å²) >= 11 is 0. The van der Waals surface area contributed by atoms with Gasteiger partial charge in [0.05, 0.1) is 0 Å². The van der Waals surface area contributed by atoms with Crippen molar-refractivity contribution in [3.63, 3.8) is 0 Å². The average molecular weight is 214 g/mol. The molecule has 0 aromatic heterocycles. The van der Waals surface area contributed by atoms with Crippen molar-refractivity contribution in [2.75, 3.05) is 20.6 Å². The maximum atomic E-state index is 11.9. The lowest BCUT2D eigenvalue weighted by Crippen LogP contribution is -2.49. The minimum atomic E-state index is -0.932. The van der Waals surface area contributed by atoms with Gasteiger partial charge in [-0.1, -0.05) is 13.8 Å². The highest BCUT2D eigenvalue weighted by molar-refractivity contribution is 6.04. The monoisotopic (exact) mass is 214 g/mol. The fourth-order valence-corrected chi connectivity index (χ4v) is 1.34. The van der Waals surface area contributed by atoms with Crippen molar-refractivity contribution in [3.8, 4) is 0 Å². The van der Waals surface area contributed by atoms with Gasteiger partial charge in [0.15, 0.2) is 0 Å². The van der Waals surface area contributed by atoms with Crippen LogP contribution in [0.15, 0.2) is 0 Å². The predicted molar refractivity (Wildman–Crippen MR) is 60.4 cm³/mol. The molecule has 0 fully saturated rings. The van der Waals surface area contributed by atoms with E-state index in [1.807, 2.05) is 13.8 Å². The average Bonchev–Trinajstić information content (AvgIpc) is 2.23. The summed E-state index contributed by atoms with van der Waals surface area (Å²) in [6, 6.07) is 0. The van der Waals surface area contributed by atoms with Gasteiger partial charge in [-0.25, -0.2) is 0 Å². The predicted octanol–water partition coefficient (Wildman–Crippen LogP) is 1.02. The molecular formula is C11H22N2O2. The summed E-state index contributed by atoms with van der Waals surface area (Å²) < 4.78 is 0. The summed E-state index contributed by atoms with van der Waals surface area (Å²) in [7, 11) is 3.34. The van der Waals surface area contributed by atoms with Gasteiger partial charge in [-0.3, -0.25) is 9.59 Å². The van der Waals surface area contributed by atoms with Gasteiger partial charge < -0.3 is 10.2 Å². The van der Waals surface area contributed by atoms with Crippen molar-refractivity contribution in [1.29, 1.82) is 0 Å². The molecular weight excluding hydrogens is 192 g/mol. The lowest BCUT2D eigenvalue weighted by Gasteiger charge is -2.28. The van der Waals surface area contributed by atoms with E-state index in [0.717, 1.165) is 6.42 Å². The lowest BCUT2D eigenvalue weighted by atomic mass is 9.85. The Bertz CT molecular complexity index is 239. The number of carbonyl (C=O) groups is 2. The molecule has 1 unspecified atom stereocenters. The van der Waals surface area contributed by atoms with Gasteiger partial charge >= 0.3 is 0 Å². The van der Waals surface area contributed by atoms with Gasteiger partial charge in [0.2, 0.25) is 11.8 Å². The largest absolute Gasteiger partial charge is 0.355 e. The molecule has 1 atom stereocenters. The van der Waals surface area contributed by atoms with Crippen molar-refractivity contribution in [2.45, 2.75) is 33.6 Å². The fraction of sp³-hybridized carbons (Fsp3) is 0.818. The molecule has 0 saturated carbocycles. The van der Waals surface area contributed by atoms with Crippen LogP contribution in [0.5, 0.6) is 0 Å². The molecule has 0 radical (unpaired) electrons. The summed E-state index contributed by atoms with van der Waals surface area (Å²) in [5.74, 6) is -0.316. The van der Waals surface area contributed by atoms with Crippen LogP contribution in [-0.4, -0.2) is 37.4 Å². The van der Waals surface area contributed by atoms with Crippen LogP contribution in [0, 0.1) is 5.41 Å². The zero-order valence-corrected chi connectivity index (χ0v) is 10.4. The summed E-state index contributed by atoms with van der Waals surface area (Å²) in [6.07, 6.45) is 1.39. The van der Waals surface area contributed by atoms with Gasteiger partial charge in [-0.15, -0.1) is 0 Å². The first-order chi connectivity index (χ1) is 6.90. The summed E-state index contributed by atoms with van der Waals surface area (Å²) in [5.41, 5.74) is -0.932. The quantitative estimate of drug-likeness (QED) is 0.695. The van der Waals surface area contributed by atoms with Crippen molar-refractivity contribution in [3.05, 3.63) is 0 Å². The molecule has 0 aromatic carbocycles. The highest BCUT2D eigenvalue weighted by Gasteiger charge is 2.39. The Morgan fingerprint density at radius 2 is 1.80 bits per heavy atom. The Labute approximate surface area is 92.0 Å². The molecule has 0 saturated heterocycles. The second-order valence-corrected chi connectivity index (χ2v) is 4.14. The third kappa shape index (κ3) is 3.22. The van der Waals surface area contributed by atoms with E-state index in [1.54, 1.807) is 21.0 Å². The summed E-state index contributed by atoms with van der Waals surface area (Å²) in [5, 5.41) is 2.77. The molecule has 0 spiro atoms. The Balaban J connectivity index is 4.69.